The van der Waals surface area contributed by atoms with Crippen LogP contribution in [-0.4, -0.2) is 23.1 Å². The van der Waals surface area contributed by atoms with Crippen LogP contribution in [0.5, 0.6) is 0 Å². The molecule has 0 aliphatic rings. The maximum Gasteiger partial charge on any atom is 0.337 e. The Morgan fingerprint density at radius 1 is 1.40 bits per heavy atom. The number of carboxylic acid groups (broad SMARTS) is 1. The Hall–Kier alpha value is -2.27. The summed E-state index contributed by atoms with van der Waals surface area (Å²) >= 11 is 5.84. The molecule has 0 bridgehead atoms. The van der Waals surface area contributed by atoms with Crippen LogP contribution in [0.2, 0.25) is 5.02 Å². The second kappa shape index (κ2) is 5.79. The van der Waals surface area contributed by atoms with Crippen molar-refractivity contribution in [2.24, 2.45) is 0 Å². The summed E-state index contributed by atoms with van der Waals surface area (Å²) in [6, 6.07) is 8.87. The minimum Gasteiger partial charge on any atom is -0.478 e. The van der Waals surface area contributed by atoms with Crippen molar-refractivity contribution in [3.05, 3.63) is 52.7 Å². The highest BCUT2D eigenvalue weighted by Crippen LogP contribution is 2.22. The number of benzene rings is 1. The molecular weight excluding hydrogens is 278 g/mol. The lowest BCUT2D eigenvalue weighted by molar-refractivity contribution is 0.0696. The second-order valence-corrected chi connectivity index (χ2v) is 4.86. The number of hydrogen-bond acceptors (Lipinski definition) is 4. The van der Waals surface area contributed by atoms with Crippen LogP contribution >= 0.6 is 11.6 Å². The summed E-state index contributed by atoms with van der Waals surface area (Å²) in [7, 11) is 1.84. The fourth-order valence-electron chi connectivity index (χ4n) is 1.85. The molecular formula is C14H14ClN3O2. The number of hydrogen-bond donors (Lipinski definition) is 2. The maximum atomic E-state index is 10.8. The van der Waals surface area contributed by atoms with Crippen molar-refractivity contribution in [1.29, 1.82) is 0 Å². The summed E-state index contributed by atoms with van der Waals surface area (Å²) in [5.41, 5.74) is 7.31. The van der Waals surface area contributed by atoms with Crippen LogP contribution in [0.25, 0.3) is 0 Å². The number of aromatic carboxylic acids is 1. The Morgan fingerprint density at radius 3 is 2.60 bits per heavy atom. The van der Waals surface area contributed by atoms with E-state index < -0.39 is 5.97 Å². The van der Waals surface area contributed by atoms with Crippen molar-refractivity contribution < 1.29 is 9.90 Å². The highest BCUT2D eigenvalue weighted by Gasteiger charge is 2.11. The number of anilines is 2. The lowest BCUT2D eigenvalue weighted by Crippen LogP contribution is -2.19. The number of nitrogens with zero attached hydrogens (tertiary/aromatic N) is 2. The first-order chi connectivity index (χ1) is 9.47. The third-order valence-corrected chi connectivity index (χ3v) is 3.09. The molecule has 0 aliphatic heterocycles. The van der Waals surface area contributed by atoms with E-state index in [1.165, 1.54) is 12.3 Å². The third-order valence-electron chi connectivity index (χ3n) is 2.84. The lowest BCUT2D eigenvalue weighted by Gasteiger charge is -2.20. The molecule has 0 radical (unpaired) electrons. The summed E-state index contributed by atoms with van der Waals surface area (Å²) in [4.78, 5) is 16.8. The first-order valence-electron chi connectivity index (χ1n) is 5.92. The molecule has 1 heterocycles. The molecule has 104 valence electrons. The van der Waals surface area contributed by atoms with E-state index in [-0.39, 0.29) is 5.56 Å². The zero-order valence-corrected chi connectivity index (χ0v) is 11.6. The van der Waals surface area contributed by atoms with E-state index >= 15 is 0 Å². The highest BCUT2D eigenvalue weighted by molar-refractivity contribution is 6.30. The number of nitrogen functional groups attached to an aromatic ring is 1. The van der Waals surface area contributed by atoms with Gasteiger partial charge in [-0.05, 0) is 23.8 Å². The van der Waals surface area contributed by atoms with E-state index in [4.69, 9.17) is 22.4 Å². The van der Waals surface area contributed by atoms with Gasteiger partial charge in [0.05, 0.1) is 11.3 Å². The summed E-state index contributed by atoms with van der Waals surface area (Å²) in [5.74, 6) is -0.499. The van der Waals surface area contributed by atoms with Crippen molar-refractivity contribution in [3.8, 4) is 0 Å². The Morgan fingerprint density at radius 2 is 2.05 bits per heavy atom. The smallest absolute Gasteiger partial charge is 0.337 e. The van der Waals surface area contributed by atoms with Gasteiger partial charge in [-0.15, -0.1) is 0 Å². The predicted molar refractivity (Wildman–Crippen MR) is 79.2 cm³/mol. The molecule has 0 amide bonds. The van der Waals surface area contributed by atoms with Gasteiger partial charge in [-0.25, -0.2) is 9.78 Å². The molecule has 0 spiro atoms. The predicted octanol–water partition coefficient (Wildman–Crippen LogP) is 2.65. The minimum atomic E-state index is -1.05. The zero-order valence-electron chi connectivity index (χ0n) is 10.9. The average Bonchev–Trinajstić information content (AvgIpc) is 2.41. The first kappa shape index (κ1) is 14.1. The van der Waals surface area contributed by atoms with Gasteiger partial charge in [0.25, 0.3) is 0 Å². The van der Waals surface area contributed by atoms with Gasteiger partial charge < -0.3 is 15.7 Å². The molecule has 20 heavy (non-hydrogen) atoms. The number of pyridine rings is 1. The Bertz CT molecular complexity index is 629. The Labute approximate surface area is 121 Å². The topological polar surface area (TPSA) is 79.5 Å². The average molecular weight is 292 g/mol. The fourth-order valence-corrected chi connectivity index (χ4v) is 1.98. The van der Waals surface area contributed by atoms with Crippen LogP contribution in [0.1, 0.15) is 15.9 Å². The monoisotopic (exact) mass is 291 g/mol. The highest BCUT2D eigenvalue weighted by atomic mass is 35.5. The van der Waals surface area contributed by atoms with Crippen LogP contribution < -0.4 is 10.6 Å². The summed E-state index contributed by atoms with van der Waals surface area (Å²) in [5, 5.41) is 9.56. The normalized spacial score (nSPS) is 10.3. The molecule has 0 atom stereocenters. The molecule has 6 heteroatoms. The van der Waals surface area contributed by atoms with Crippen LogP contribution in [0.15, 0.2) is 36.5 Å². The molecule has 1 aromatic heterocycles. The van der Waals surface area contributed by atoms with E-state index in [1.807, 2.05) is 36.2 Å². The number of aromatic nitrogens is 1. The van der Waals surface area contributed by atoms with Gasteiger partial charge in [0.15, 0.2) is 5.82 Å². The van der Waals surface area contributed by atoms with Crippen molar-refractivity contribution in [3.63, 3.8) is 0 Å². The number of halogens is 1. The van der Waals surface area contributed by atoms with Crippen LogP contribution in [0, 0.1) is 0 Å². The molecule has 3 N–H and O–H groups in total. The molecule has 0 saturated heterocycles. The first-order valence-corrected chi connectivity index (χ1v) is 6.29. The third kappa shape index (κ3) is 3.19. The van der Waals surface area contributed by atoms with Crippen molar-refractivity contribution in [2.45, 2.75) is 6.54 Å². The van der Waals surface area contributed by atoms with Gasteiger partial charge in [0, 0.05) is 24.8 Å². The van der Waals surface area contributed by atoms with Gasteiger partial charge in [0.1, 0.15) is 0 Å². The summed E-state index contributed by atoms with van der Waals surface area (Å²) < 4.78 is 0. The van der Waals surface area contributed by atoms with E-state index in [0.29, 0.717) is 23.1 Å². The molecule has 2 rings (SSSR count). The lowest BCUT2D eigenvalue weighted by atomic mass is 10.2. The van der Waals surface area contributed by atoms with Crippen LogP contribution in [0.3, 0.4) is 0 Å². The van der Waals surface area contributed by atoms with Crippen molar-refractivity contribution in [2.75, 3.05) is 17.7 Å². The molecule has 0 aliphatic carbocycles. The Kier molecular flexibility index (Phi) is 4.10. The molecule has 2 aromatic rings. The molecule has 0 unspecified atom stereocenters. The number of carboxylic acids is 1. The van der Waals surface area contributed by atoms with E-state index in [2.05, 4.69) is 4.98 Å². The van der Waals surface area contributed by atoms with Gasteiger partial charge in [0.2, 0.25) is 0 Å². The van der Waals surface area contributed by atoms with Gasteiger partial charge >= 0.3 is 5.97 Å². The molecule has 0 fully saturated rings. The standard InChI is InChI=1S/C14H14ClN3O2/c1-18(8-9-2-4-11(15)5-3-9)13-12(16)6-10(7-17-13)14(19)20/h2-7H,8,16H2,1H3,(H,19,20). The van der Waals surface area contributed by atoms with Crippen molar-refractivity contribution >= 4 is 29.1 Å². The van der Waals surface area contributed by atoms with Gasteiger partial charge in [-0.1, -0.05) is 23.7 Å². The second-order valence-electron chi connectivity index (χ2n) is 4.42. The quantitative estimate of drug-likeness (QED) is 0.905. The minimum absolute atomic E-state index is 0.0751. The summed E-state index contributed by atoms with van der Waals surface area (Å²) in [6.07, 6.45) is 1.30. The zero-order chi connectivity index (χ0) is 14.7. The van der Waals surface area contributed by atoms with Crippen LogP contribution in [-0.2, 0) is 6.54 Å². The van der Waals surface area contributed by atoms with E-state index in [0.717, 1.165) is 5.56 Å². The largest absolute Gasteiger partial charge is 0.478 e. The molecule has 1 aromatic carbocycles. The number of carbonyl (C=O) groups is 1. The molecule has 5 nitrogen and oxygen atoms in total. The number of nitrogens with two attached hydrogens (primary N) is 1. The maximum absolute atomic E-state index is 10.8. The fraction of sp³-hybridized carbons (Fsp3) is 0.143. The Balaban J connectivity index is 2.18. The van der Waals surface area contributed by atoms with Crippen molar-refractivity contribution in [1.82, 2.24) is 4.98 Å². The van der Waals surface area contributed by atoms with Gasteiger partial charge in [-0.3, -0.25) is 0 Å². The van der Waals surface area contributed by atoms with E-state index in [9.17, 15) is 4.79 Å². The number of rotatable bonds is 4. The molecule has 0 saturated carbocycles. The van der Waals surface area contributed by atoms with E-state index in [1.54, 1.807) is 0 Å². The summed E-state index contributed by atoms with van der Waals surface area (Å²) in [6.45, 7) is 0.598. The SMILES string of the molecule is CN(Cc1ccc(Cl)cc1)c1ncc(C(=O)O)cc1N. The van der Waals surface area contributed by atoms with Gasteiger partial charge in [-0.2, -0.15) is 0 Å². The van der Waals surface area contributed by atoms with Crippen LogP contribution in [0.4, 0.5) is 11.5 Å².